The van der Waals surface area contributed by atoms with Crippen LogP contribution in [0.3, 0.4) is 0 Å². The lowest BCUT2D eigenvalue weighted by atomic mass is 10.2. The van der Waals surface area contributed by atoms with Gasteiger partial charge in [-0.2, -0.15) is 0 Å². The first-order valence-electron chi connectivity index (χ1n) is 5.79. The lowest BCUT2D eigenvalue weighted by molar-refractivity contribution is -0.120. The molecule has 1 aliphatic heterocycles. The number of nitrogens with zero attached hydrogens (tertiary/aromatic N) is 1. The van der Waals surface area contributed by atoms with Gasteiger partial charge in [0.1, 0.15) is 5.52 Å². The van der Waals surface area contributed by atoms with Crippen molar-refractivity contribution in [3.63, 3.8) is 0 Å². The first kappa shape index (κ1) is 12.4. The van der Waals surface area contributed by atoms with Gasteiger partial charge in [-0.1, -0.05) is 23.9 Å². The average Bonchev–Trinajstić information content (AvgIpc) is 2.78. The maximum absolute atomic E-state index is 11.3. The maximum atomic E-state index is 11.3. The Morgan fingerprint density at radius 3 is 3.11 bits per heavy atom. The Bertz CT molecular complexity index is 592. The Morgan fingerprint density at radius 1 is 1.47 bits per heavy atom. The molecule has 0 bridgehead atoms. The molecule has 0 radical (unpaired) electrons. The molecule has 1 unspecified atom stereocenters. The Hall–Kier alpha value is -1.60. The summed E-state index contributed by atoms with van der Waals surface area (Å²) in [6.07, 6.45) is 0.410. The van der Waals surface area contributed by atoms with Crippen LogP contribution in [0.2, 0.25) is 0 Å². The first-order valence-corrected chi connectivity index (χ1v) is 7.19. The van der Waals surface area contributed by atoms with Crippen molar-refractivity contribution in [1.82, 2.24) is 15.6 Å². The Labute approximate surface area is 119 Å². The SMILES string of the molecule is O=C1CC(CSc2nc3ccccc3o2)NC(=S)N1. The molecule has 98 valence electrons. The highest BCUT2D eigenvalue weighted by Gasteiger charge is 2.22. The minimum atomic E-state index is -0.0492. The third-order valence-corrected chi connectivity index (χ3v) is 3.91. The van der Waals surface area contributed by atoms with E-state index in [0.29, 0.717) is 22.5 Å². The number of aromatic nitrogens is 1. The van der Waals surface area contributed by atoms with Crippen molar-refractivity contribution in [2.24, 2.45) is 0 Å². The van der Waals surface area contributed by atoms with E-state index in [9.17, 15) is 4.79 Å². The molecular formula is C12H11N3O2S2. The highest BCUT2D eigenvalue weighted by atomic mass is 32.2. The van der Waals surface area contributed by atoms with Gasteiger partial charge in [0, 0.05) is 18.2 Å². The monoisotopic (exact) mass is 293 g/mol. The van der Waals surface area contributed by atoms with Gasteiger partial charge in [-0.3, -0.25) is 4.79 Å². The zero-order valence-corrected chi connectivity index (χ0v) is 11.5. The Morgan fingerprint density at radius 2 is 2.32 bits per heavy atom. The van der Waals surface area contributed by atoms with Gasteiger partial charge in [-0.25, -0.2) is 4.98 Å². The lowest BCUT2D eigenvalue weighted by Crippen LogP contribution is -2.52. The molecule has 2 N–H and O–H groups in total. The summed E-state index contributed by atoms with van der Waals surface area (Å²) in [7, 11) is 0. The van der Waals surface area contributed by atoms with Crippen LogP contribution < -0.4 is 10.6 Å². The zero-order chi connectivity index (χ0) is 13.2. The molecule has 2 heterocycles. The number of carbonyl (C=O) groups excluding carboxylic acids is 1. The number of amides is 1. The number of thioether (sulfide) groups is 1. The summed E-state index contributed by atoms with van der Waals surface area (Å²) in [6, 6.07) is 7.64. The van der Waals surface area contributed by atoms with Crippen LogP contribution in [0.25, 0.3) is 11.1 Å². The topological polar surface area (TPSA) is 67.2 Å². The molecule has 19 heavy (non-hydrogen) atoms. The van der Waals surface area contributed by atoms with E-state index >= 15 is 0 Å². The molecule has 0 aliphatic carbocycles. The molecule has 0 saturated carbocycles. The van der Waals surface area contributed by atoms with Crippen LogP contribution in [-0.4, -0.2) is 27.8 Å². The summed E-state index contributed by atoms with van der Waals surface area (Å²) in [6.45, 7) is 0. The molecule has 0 spiro atoms. The number of nitrogens with one attached hydrogen (secondary N) is 2. The van der Waals surface area contributed by atoms with Crippen LogP contribution in [0.4, 0.5) is 0 Å². The van der Waals surface area contributed by atoms with Gasteiger partial charge in [0.15, 0.2) is 10.7 Å². The van der Waals surface area contributed by atoms with Crippen molar-refractivity contribution in [2.45, 2.75) is 17.7 Å². The van der Waals surface area contributed by atoms with Gasteiger partial charge in [-0.05, 0) is 24.4 Å². The summed E-state index contributed by atoms with van der Waals surface area (Å²) in [5.74, 6) is 0.632. The van der Waals surface area contributed by atoms with Crippen molar-refractivity contribution in [3.05, 3.63) is 24.3 Å². The fraction of sp³-hybridized carbons (Fsp3) is 0.250. The van der Waals surface area contributed by atoms with Gasteiger partial charge < -0.3 is 15.1 Å². The summed E-state index contributed by atoms with van der Waals surface area (Å²) in [4.78, 5) is 15.7. The van der Waals surface area contributed by atoms with Crippen LogP contribution in [0.5, 0.6) is 0 Å². The van der Waals surface area contributed by atoms with Crippen molar-refractivity contribution < 1.29 is 9.21 Å². The van der Waals surface area contributed by atoms with E-state index in [1.807, 2.05) is 24.3 Å². The summed E-state index contributed by atoms with van der Waals surface area (Å²) >= 11 is 6.43. The van der Waals surface area contributed by atoms with Gasteiger partial charge in [0.25, 0.3) is 5.22 Å². The number of rotatable bonds is 3. The van der Waals surface area contributed by atoms with Crippen molar-refractivity contribution in [2.75, 3.05) is 5.75 Å². The first-order chi connectivity index (χ1) is 9.20. The second-order valence-electron chi connectivity index (χ2n) is 4.18. The molecule has 2 aromatic rings. The molecule has 1 aromatic carbocycles. The normalized spacial score (nSPS) is 19.3. The summed E-state index contributed by atoms with van der Waals surface area (Å²) < 4.78 is 5.60. The van der Waals surface area contributed by atoms with Gasteiger partial charge in [0.05, 0.1) is 0 Å². The van der Waals surface area contributed by atoms with Crippen molar-refractivity contribution in [1.29, 1.82) is 0 Å². The summed E-state index contributed by atoms with van der Waals surface area (Å²) in [5.41, 5.74) is 1.62. The van der Waals surface area contributed by atoms with E-state index in [2.05, 4.69) is 15.6 Å². The number of oxazole rings is 1. The van der Waals surface area contributed by atoms with E-state index < -0.39 is 0 Å². The van der Waals surface area contributed by atoms with Gasteiger partial charge >= 0.3 is 0 Å². The Balaban J connectivity index is 1.65. The maximum Gasteiger partial charge on any atom is 0.256 e. The van der Waals surface area contributed by atoms with Gasteiger partial charge in [-0.15, -0.1) is 0 Å². The predicted octanol–water partition coefficient (Wildman–Crippen LogP) is 1.68. The zero-order valence-electron chi connectivity index (χ0n) is 9.88. The molecule has 1 aromatic heterocycles. The highest BCUT2D eigenvalue weighted by Crippen LogP contribution is 2.24. The minimum Gasteiger partial charge on any atom is -0.431 e. The molecule has 1 saturated heterocycles. The number of carbonyl (C=O) groups is 1. The third-order valence-electron chi connectivity index (χ3n) is 2.70. The number of fused-ring (bicyclic) bond motifs is 1. The van der Waals surface area contributed by atoms with E-state index in [0.717, 1.165) is 11.1 Å². The lowest BCUT2D eigenvalue weighted by Gasteiger charge is -2.24. The number of benzene rings is 1. The van der Waals surface area contributed by atoms with E-state index in [1.54, 1.807) is 0 Å². The van der Waals surface area contributed by atoms with E-state index in [-0.39, 0.29) is 11.9 Å². The largest absolute Gasteiger partial charge is 0.431 e. The second kappa shape index (κ2) is 5.18. The molecule has 1 amide bonds. The quantitative estimate of drug-likeness (QED) is 0.663. The molecule has 5 nitrogen and oxygen atoms in total. The second-order valence-corrected chi connectivity index (χ2v) is 5.56. The van der Waals surface area contributed by atoms with Crippen LogP contribution in [0.1, 0.15) is 6.42 Å². The summed E-state index contributed by atoms with van der Waals surface area (Å²) in [5, 5.41) is 6.62. The van der Waals surface area contributed by atoms with E-state index in [4.69, 9.17) is 16.6 Å². The number of hydrogen-bond donors (Lipinski definition) is 2. The number of hydrogen-bond acceptors (Lipinski definition) is 5. The van der Waals surface area contributed by atoms with Crippen molar-refractivity contribution in [3.8, 4) is 0 Å². The predicted molar refractivity (Wildman–Crippen MR) is 77.0 cm³/mol. The highest BCUT2D eigenvalue weighted by molar-refractivity contribution is 7.99. The average molecular weight is 293 g/mol. The molecule has 3 rings (SSSR count). The molecule has 1 atom stereocenters. The molecular weight excluding hydrogens is 282 g/mol. The fourth-order valence-corrected chi connectivity index (χ4v) is 3.00. The Kier molecular flexibility index (Phi) is 3.39. The van der Waals surface area contributed by atoms with Gasteiger partial charge in [0.2, 0.25) is 5.91 Å². The fourth-order valence-electron chi connectivity index (χ4n) is 1.86. The standard InChI is InChI=1S/C12H11N3O2S2/c16-10-5-7(13-11(18)15-10)6-19-12-14-8-3-1-2-4-9(8)17-12/h1-4,7H,5-6H2,(H2,13,15,16,18). The van der Waals surface area contributed by atoms with Crippen LogP contribution in [-0.2, 0) is 4.79 Å². The van der Waals surface area contributed by atoms with Crippen LogP contribution >= 0.6 is 24.0 Å². The third kappa shape index (κ3) is 2.87. The smallest absolute Gasteiger partial charge is 0.256 e. The van der Waals surface area contributed by atoms with Crippen LogP contribution in [0, 0.1) is 0 Å². The molecule has 7 heteroatoms. The number of para-hydroxylation sites is 2. The molecule has 1 fully saturated rings. The minimum absolute atomic E-state index is 0.0151. The van der Waals surface area contributed by atoms with Crippen molar-refractivity contribution >= 4 is 46.1 Å². The number of thiocarbonyl (C=S) groups is 1. The van der Waals surface area contributed by atoms with E-state index in [1.165, 1.54) is 11.8 Å². The van der Waals surface area contributed by atoms with Crippen LogP contribution in [0.15, 0.2) is 33.9 Å². The molecule has 1 aliphatic rings.